The molecule has 1 aliphatic heterocycles. The van der Waals surface area contributed by atoms with Gasteiger partial charge in [0.15, 0.2) is 5.69 Å². The lowest BCUT2D eigenvalue weighted by atomic mass is 10.0. The topological polar surface area (TPSA) is 142 Å². The Morgan fingerprint density at radius 1 is 1.13 bits per heavy atom. The second-order valence-corrected chi connectivity index (χ2v) is 10.9. The molecule has 38 heavy (non-hydrogen) atoms. The van der Waals surface area contributed by atoms with E-state index >= 15 is 0 Å². The summed E-state index contributed by atoms with van der Waals surface area (Å²) in [5.41, 5.74) is 0.0567. The van der Waals surface area contributed by atoms with Crippen molar-refractivity contribution in [2.24, 2.45) is 5.92 Å². The normalized spacial score (nSPS) is 21.6. The maximum absolute atomic E-state index is 13.5. The first-order chi connectivity index (χ1) is 18.1. The van der Waals surface area contributed by atoms with Gasteiger partial charge in [-0.3, -0.25) is 19.2 Å². The second kappa shape index (κ2) is 11.8. The number of hydrogen-bond acceptors (Lipinski definition) is 7. The van der Waals surface area contributed by atoms with E-state index in [2.05, 4.69) is 26.3 Å². The number of amides is 4. The van der Waals surface area contributed by atoms with Gasteiger partial charge in [-0.05, 0) is 56.5 Å². The number of thiophene rings is 1. The lowest BCUT2D eigenvalue weighted by molar-refractivity contribution is -0.124. The first-order valence-corrected chi connectivity index (χ1v) is 13.6. The molecule has 1 aliphatic rings. The Kier molecular flexibility index (Phi) is 8.45. The van der Waals surface area contributed by atoms with Crippen molar-refractivity contribution in [2.45, 2.75) is 65.1 Å². The summed E-state index contributed by atoms with van der Waals surface area (Å²) in [6, 6.07) is 7.34. The van der Waals surface area contributed by atoms with Crippen molar-refractivity contribution in [1.29, 1.82) is 0 Å². The minimum Gasteiger partial charge on any atom is -0.443 e. The van der Waals surface area contributed by atoms with Crippen LogP contribution in [0.2, 0.25) is 0 Å². The van der Waals surface area contributed by atoms with Crippen LogP contribution in [0.15, 0.2) is 34.7 Å². The van der Waals surface area contributed by atoms with Gasteiger partial charge in [0, 0.05) is 11.2 Å². The minimum atomic E-state index is -0.810. The number of carbonyl (C=O) groups excluding carboxylic acids is 4. The van der Waals surface area contributed by atoms with E-state index in [9.17, 15) is 19.2 Å². The molecule has 4 N–H and O–H groups in total. The molecule has 3 aromatic rings. The molecule has 1 aromatic carbocycles. The smallest absolute Gasteiger partial charge is 0.274 e. The van der Waals surface area contributed by atoms with Crippen LogP contribution in [-0.4, -0.2) is 47.2 Å². The third-order valence-corrected chi connectivity index (χ3v) is 7.60. The number of hydrogen-bond donors (Lipinski definition) is 4. The predicted molar refractivity (Wildman–Crippen MR) is 144 cm³/mol. The number of aromatic nitrogens is 1. The van der Waals surface area contributed by atoms with E-state index in [1.165, 1.54) is 11.3 Å². The van der Waals surface area contributed by atoms with Crippen LogP contribution in [0.25, 0.3) is 10.1 Å². The molecule has 11 heteroatoms. The van der Waals surface area contributed by atoms with Crippen molar-refractivity contribution in [2.75, 3.05) is 6.54 Å². The van der Waals surface area contributed by atoms with E-state index in [4.69, 9.17) is 4.42 Å². The zero-order chi connectivity index (χ0) is 27.4. The van der Waals surface area contributed by atoms with Crippen LogP contribution in [0.1, 0.15) is 77.9 Å². The lowest BCUT2D eigenvalue weighted by Gasteiger charge is -2.24. The molecule has 0 spiro atoms. The maximum Gasteiger partial charge on any atom is 0.274 e. The highest BCUT2D eigenvalue weighted by Gasteiger charge is 2.31. The molecular weight excluding hydrogens is 506 g/mol. The number of rotatable bonds is 3. The molecule has 0 radical (unpaired) electrons. The van der Waals surface area contributed by atoms with Crippen molar-refractivity contribution in [3.63, 3.8) is 0 Å². The first kappa shape index (κ1) is 27.3. The lowest BCUT2D eigenvalue weighted by Crippen LogP contribution is -2.48. The molecular formula is C27H33N5O5S. The van der Waals surface area contributed by atoms with Crippen molar-refractivity contribution >= 4 is 45.1 Å². The summed E-state index contributed by atoms with van der Waals surface area (Å²) in [5, 5.41) is 12.3. The van der Waals surface area contributed by atoms with Gasteiger partial charge in [-0.25, -0.2) is 4.98 Å². The SMILES string of the molecule is Cc1oc2nc1C(=O)N[C@H](C)C(=O)NCCCC[C@H](NC(=O)c1cc3ccccc3s1)C(=O)N[C@H]2C(C)C. The van der Waals surface area contributed by atoms with Crippen LogP contribution in [-0.2, 0) is 9.59 Å². The third kappa shape index (κ3) is 6.21. The Labute approximate surface area is 225 Å². The van der Waals surface area contributed by atoms with E-state index in [0.717, 1.165) is 10.1 Å². The molecule has 0 saturated heterocycles. The molecule has 10 nitrogen and oxygen atoms in total. The summed E-state index contributed by atoms with van der Waals surface area (Å²) in [4.78, 5) is 56.7. The Balaban J connectivity index is 1.60. The molecule has 2 bridgehead atoms. The van der Waals surface area contributed by atoms with Crippen LogP contribution >= 0.6 is 11.3 Å². The number of aryl methyl sites for hydroxylation is 1. The quantitative estimate of drug-likeness (QED) is 0.403. The number of nitrogens with one attached hydrogen (secondary N) is 4. The van der Waals surface area contributed by atoms with E-state index in [1.807, 2.05) is 44.2 Å². The average molecular weight is 540 g/mol. The fourth-order valence-corrected chi connectivity index (χ4v) is 5.25. The molecule has 0 aliphatic carbocycles. The molecule has 202 valence electrons. The zero-order valence-electron chi connectivity index (χ0n) is 21.9. The number of nitrogens with zero attached hydrogens (tertiary/aromatic N) is 1. The Morgan fingerprint density at radius 2 is 1.89 bits per heavy atom. The van der Waals surface area contributed by atoms with Crippen LogP contribution in [0, 0.1) is 12.8 Å². The Morgan fingerprint density at radius 3 is 2.63 bits per heavy atom. The largest absolute Gasteiger partial charge is 0.443 e. The van der Waals surface area contributed by atoms with E-state index < -0.39 is 24.0 Å². The highest BCUT2D eigenvalue weighted by atomic mass is 32.1. The summed E-state index contributed by atoms with van der Waals surface area (Å²) in [6.07, 6.45) is 1.56. The fourth-order valence-electron chi connectivity index (χ4n) is 4.29. The fraction of sp³-hybridized carbons (Fsp3) is 0.444. The van der Waals surface area contributed by atoms with E-state index in [1.54, 1.807) is 13.8 Å². The molecule has 4 amide bonds. The van der Waals surface area contributed by atoms with Gasteiger partial charge in [0.1, 0.15) is 23.9 Å². The predicted octanol–water partition coefficient (Wildman–Crippen LogP) is 3.23. The van der Waals surface area contributed by atoms with Crippen LogP contribution in [0.3, 0.4) is 0 Å². The number of benzene rings is 1. The van der Waals surface area contributed by atoms with E-state index in [-0.39, 0.29) is 41.0 Å². The highest BCUT2D eigenvalue weighted by Crippen LogP contribution is 2.26. The molecule has 3 heterocycles. The van der Waals surface area contributed by atoms with Crippen LogP contribution < -0.4 is 21.3 Å². The molecule has 0 fully saturated rings. The Bertz CT molecular complexity index is 1310. The van der Waals surface area contributed by atoms with Crippen molar-refractivity contribution in [3.8, 4) is 0 Å². The van der Waals surface area contributed by atoms with Gasteiger partial charge in [-0.1, -0.05) is 32.0 Å². The highest BCUT2D eigenvalue weighted by molar-refractivity contribution is 7.20. The van der Waals surface area contributed by atoms with Gasteiger partial charge in [-0.15, -0.1) is 11.3 Å². The zero-order valence-corrected chi connectivity index (χ0v) is 22.7. The first-order valence-electron chi connectivity index (χ1n) is 12.8. The summed E-state index contributed by atoms with van der Waals surface area (Å²) in [6.45, 7) is 7.39. The van der Waals surface area contributed by atoms with E-state index in [0.29, 0.717) is 30.7 Å². The molecule has 2 aromatic heterocycles. The van der Waals surface area contributed by atoms with Gasteiger partial charge in [-0.2, -0.15) is 0 Å². The summed E-state index contributed by atoms with van der Waals surface area (Å²) in [5.74, 6) is -1.19. The number of carbonyl (C=O) groups is 4. The van der Waals surface area contributed by atoms with Gasteiger partial charge in [0.2, 0.25) is 17.7 Å². The summed E-state index contributed by atoms with van der Waals surface area (Å²) >= 11 is 1.37. The molecule has 4 rings (SSSR count). The molecule has 3 atom stereocenters. The number of fused-ring (bicyclic) bond motifs is 3. The Hall–Kier alpha value is -3.73. The second-order valence-electron chi connectivity index (χ2n) is 9.84. The maximum atomic E-state index is 13.5. The van der Waals surface area contributed by atoms with Crippen molar-refractivity contribution in [3.05, 3.63) is 52.6 Å². The molecule has 0 unspecified atom stereocenters. The van der Waals surface area contributed by atoms with Crippen molar-refractivity contribution in [1.82, 2.24) is 26.3 Å². The standard InChI is InChI=1S/C27H33N5O5S/c1-14(2)21-27-32-22(16(4)37-27)26(36)29-15(3)23(33)28-12-8-7-10-18(24(34)31-21)30-25(35)20-13-17-9-5-6-11-19(17)38-20/h5-6,9,11,13-15,18,21H,7-8,10,12H2,1-4H3,(H,28,33)(H,29,36)(H,30,35)(H,31,34)/t15-,18+,21+/m1/s1. The summed E-state index contributed by atoms with van der Waals surface area (Å²) < 4.78 is 6.78. The average Bonchev–Trinajstić information content (AvgIpc) is 3.48. The van der Waals surface area contributed by atoms with Gasteiger partial charge in [0.25, 0.3) is 11.8 Å². The minimum absolute atomic E-state index is 0.0567. The molecule has 0 saturated carbocycles. The van der Waals surface area contributed by atoms with Crippen LogP contribution in [0.5, 0.6) is 0 Å². The third-order valence-electron chi connectivity index (χ3n) is 6.49. The van der Waals surface area contributed by atoms with Gasteiger partial charge in [0.05, 0.1) is 4.88 Å². The van der Waals surface area contributed by atoms with Crippen LogP contribution in [0.4, 0.5) is 0 Å². The monoisotopic (exact) mass is 539 g/mol. The van der Waals surface area contributed by atoms with Gasteiger partial charge < -0.3 is 25.7 Å². The van der Waals surface area contributed by atoms with Crippen molar-refractivity contribution < 1.29 is 23.6 Å². The number of oxazole rings is 1. The summed E-state index contributed by atoms with van der Waals surface area (Å²) in [7, 11) is 0. The van der Waals surface area contributed by atoms with Gasteiger partial charge >= 0.3 is 0 Å².